The number of nitrogen functional groups attached to an aromatic ring is 1. The zero-order valence-corrected chi connectivity index (χ0v) is 13.0. The van der Waals surface area contributed by atoms with Crippen LogP contribution in [0.4, 0.5) is 0 Å². The van der Waals surface area contributed by atoms with E-state index in [0.717, 1.165) is 11.3 Å². The fourth-order valence-corrected chi connectivity index (χ4v) is 2.22. The molecule has 0 fully saturated rings. The molecule has 0 heterocycles. The molecule has 0 amide bonds. The second-order valence-electron chi connectivity index (χ2n) is 6.26. The number of hydrogen-bond donors (Lipinski definition) is 2. The van der Waals surface area contributed by atoms with Gasteiger partial charge in [-0.1, -0.05) is 50.6 Å². The summed E-state index contributed by atoms with van der Waals surface area (Å²) in [5.41, 5.74) is 8.55. The molecule has 21 heavy (non-hydrogen) atoms. The number of amidine groups is 1. The zero-order chi connectivity index (χ0) is 15.6. The Morgan fingerprint density at radius 3 is 2.33 bits per heavy atom. The Hall–Kier alpha value is -2.29. The Labute approximate surface area is 126 Å². The summed E-state index contributed by atoms with van der Waals surface area (Å²) in [4.78, 5) is 0. The number of para-hydroxylation sites is 1. The van der Waals surface area contributed by atoms with E-state index in [0.29, 0.717) is 11.3 Å². The van der Waals surface area contributed by atoms with Crippen LogP contribution in [0.3, 0.4) is 0 Å². The Morgan fingerprint density at radius 2 is 1.71 bits per heavy atom. The van der Waals surface area contributed by atoms with E-state index in [2.05, 4.69) is 33.8 Å². The molecule has 3 heteroatoms. The minimum atomic E-state index is -0.0213. The third-order valence-corrected chi connectivity index (χ3v) is 3.34. The van der Waals surface area contributed by atoms with E-state index in [1.54, 1.807) is 6.07 Å². The Balaban J connectivity index is 2.48. The van der Waals surface area contributed by atoms with Gasteiger partial charge in [-0.25, -0.2) is 0 Å². The van der Waals surface area contributed by atoms with E-state index >= 15 is 0 Å². The average Bonchev–Trinajstić information content (AvgIpc) is 2.40. The monoisotopic (exact) mass is 282 g/mol. The molecule has 0 spiro atoms. The first-order chi connectivity index (χ1) is 9.79. The van der Waals surface area contributed by atoms with Crippen molar-refractivity contribution in [3.8, 4) is 11.5 Å². The Bertz CT molecular complexity index is 669. The molecule has 110 valence electrons. The van der Waals surface area contributed by atoms with Gasteiger partial charge < -0.3 is 10.5 Å². The molecule has 0 saturated carbocycles. The van der Waals surface area contributed by atoms with E-state index in [1.807, 2.05) is 30.3 Å². The van der Waals surface area contributed by atoms with Gasteiger partial charge in [-0.15, -0.1) is 0 Å². The topological polar surface area (TPSA) is 59.1 Å². The standard InChI is InChI=1S/C18H22N2O/c1-12-9-10-16(14(11-12)18(2,3)4)21-15-8-6-5-7-13(15)17(19)20/h5-11H,1-4H3,(H3,19,20). The number of hydrogen-bond acceptors (Lipinski definition) is 2. The molecule has 0 aliphatic carbocycles. The molecule has 2 rings (SSSR count). The first kappa shape index (κ1) is 15.1. The molecule has 3 nitrogen and oxygen atoms in total. The van der Waals surface area contributed by atoms with Crippen molar-refractivity contribution in [2.75, 3.05) is 0 Å². The molecule has 2 aromatic rings. The largest absolute Gasteiger partial charge is 0.456 e. The van der Waals surface area contributed by atoms with Gasteiger partial charge in [0.25, 0.3) is 0 Å². The predicted molar refractivity (Wildman–Crippen MR) is 87.4 cm³/mol. The predicted octanol–water partition coefficient (Wildman–Crippen LogP) is 4.37. The van der Waals surface area contributed by atoms with E-state index in [1.165, 1.54) is 5.56 Å². The van der Waals surface area contributed by atoms with Gasteiger partial charge in [0, 0.05) is 5.56 Å². The fourth-order valence-electron chi connectivity index (χ4n) is 2.22. The first-order valence-corrected chi connectivity index (χ1v) is 7.01. The molecule has 0 atom stereocenters. The maximum atomic E-state index is 7.65. The molecule has 0 unspecified atom stereocenters. The van der Waals surface area contributed by atoms with Crippen molar-refractivity contribution in [1.82, 2.24) is 0 Å². The molecular formula is C18H22N2O. The number of ether oxygens (including phenoxy) is 1. The molecule has 0 aliphatic heterocycles. The maximum Gasteiger partial charge on any atom is 0.138 e. The third-order valence-electron chi connectivity index (χ3n) is 3.34. The highest BCUT2D eigenvalue weighted by molar-refractivity contribution is 5.97. The normalized spacial score (nSPS) is 11.2. The highest BCUT2D eigenvalue weighted by atomic mass is 16.5. The number of benzene rings is 2. The van der Waals surface area contributed by atoms with Crippen molar-refractivity contribution in [3.05, 3.63) is 59.2 Å². The highest BCUT2D eigenvalue weighted by Gasteiger charge is 2.20. The summed E-state index contributed by atoms with van der Waals surface area (Å²) in [5, 5.41) is 7.65. The van der Waals surface area contributed by atoms with E-state index in [-0.39, 0.29) is 11.3 Å². The van der Waals surface area contributed by atoms with Crippen LogP contribution in [0.25, 0.3) is 0 Å². The average molecular weight is 282 g/mol. The molecule has 2 aromatic carbocycles. The summed E-state index contributed by atoms with van der Waals surface area (Å²) in [7, 11) is 0. The van der Waals surface area contributed by atoms with E-state index < -0.39 is 0 Å². The van der Waals surface area contributed by atoms with Gasteiger partial charge in [-0.05, 0) is 30.5 Å². The van der Waals surface area contributed by atoms with Gasteiger partial charge in [0.1, 0.15) is 17.3 Å². The van der Waals surface area contributed by atoms with E-state index in [9.17, 15) is 0 Å². The fraction of sp³-hybridized carbons (Fsp3) is 0.278. The number of rotatable bonds is 3. The molecule has 0 saturated heterocycles. The maximum absolute atomic E-state index is 7.65. The summed E-state index contributed by atoms with van der Waals surface area (Å²) in [5.74, 6) is 1.43. The van der Waals surface area contributed by atoms with Gasteiger partial charge in [0.15, 0.2) is 0 Å². The Kier molecular flexibility index (Phi) is 4.03. The van der Waals surface area contributed by atoms with Crippen LogP contribution < -0.4 is 10.5 Å². The van der Waals surface area contributed by atoms with Crippen LogP contribution in [0, 0.1) is 12.3 Å². The van der Waals surface area contributed by atoms with Crippen molar-refractivity contribution in [3.63, 3.8) is 0 Å². The van der Waals surface area contributed by atoms with Gasteiger partial charge in [-0.3, -0.25) is 5.41 Å². The molecule has 0 aromatic heterocycles. The number of aryl methyl sites for hydroxylation is 1. The molecule has 0 aliphatic rings. The lowest BCUT2D eigenvalue weighted by Gasteiger charge is -2.23. The lowest BCUT2D eigenvalue weighted by Crippen LogP contribution is -2.14. The zero-order valence-electron chi connectivity index (χ0n) is 13.0. The van der Waals surface area contributed by atoms with Crippen molar-refractivity contribution in [2.45, 2.75) is 33.1 Å². The Morgan fingerprint density at radius 1 is 1.05 bits per heavy atom. The summed E-state index contributed by atoms with van der Waals surface area (Å²) >= 11 is 0. The van der Waals surface area contributed by atoms with Crippen LogP contribution in [0.5, 0.6) is 11.5 Å². The van der Waals surface area contributed by atoms with Gasteiger partial charge in [0.2, 0.25) is 0 Å². The minimum Gasteiger partial charge on any atom is -0.456 e. The van der Waals surface area contributed by atoms with Crippen molar-refractivity contribution in [2.24, 2.45) is 5.73 Å². The van der Waals surface area contributed by atoms with Crippen molar-refractivity contribution < 1.29 is 4.74 Å². The van der Waals surface area contributed by atoms with Crippen LogP contribution in [0.1, 0.15) is 37.5 Å². The van der Waals surface area contributed by atoms with Crippen molar-refractivity contribution in [1.29, 1.82) is 5.41 Å². The molecule has 0 radical (unpaired) electrons. The van der Waals surface area contributed by atoms with Crippen LogP contribution in [0.2, 0.25) is 0 Å². The second-order valence-corrected chi connectivity index (χ2v) is 6.26. The molecule has 0 bridgehead atoms. The first-order valence-electron chi connectivity index (χ1n) is 7.01. The molecule has 3 N–H and O–H groups in total. The van der Waals surface area contributed by atoms with Gasteiger partial charge >= 0.3 is 0 Å². The summed E-state index contributed by atoms with van der Waals surface area (Å²) in [6, 6.07) is 13.5. The number of nitrogens with two attached hydrogens (primary N) is 1. The van der Waals surface area contributed by atoms with Crippen LogP contribution >= 0.6 is 0 Å². The van der Waals surface area contributed by atoms with Gasteiger partial charge in [0.05, 0.1) is 5.56 Å². The minimum absolute atomic E-state index is 0.00928. The third kappa shape index (κ3) is 3.43. The summed E-state index contributed by atoms with van der Waals surface area (Å²) in [6.45, 7) is 8.55. The highest BCUT2D eigenvalue weighted by Crippen LogP contribution is 2.35. The van der Waals surface area contributed by atoms with Crippen LogP contribution in [-0.4, -0.2) is 5.84 Å². The lowest BCUT2D eigenvalue weighted by molar-refractivity contribution is 0.454. The smallest absolute Gasteiger partial charge is 0.138 e. The SMILES string of the molecule is Cc1ccc(Oc2ccccc2C(=N)N)c(C(C)(C)C)c1. The lowest BCUT2D eigenvalue weighted by atomic mass is 9.85. The van der Waals surface area contributed by atoms with Crippen molar-refractivity contribution >= 4 is 5.84 Å². The van der Waals surface area contributed by atoms with E-state index in [4.69, 9.17) is 15.9 Å². The summed E-state index contributed by atoms with van der Waals surface area (Å²) in [6.07, 6.45) is 0. The van der Waals surface area contributed by atoms with Crippen LogP contribution in [0.15, 0.2) is 42.5 Å². The quantitative estimate of drug-likeness (QED) is 0.648. The second kappa shape index (κ2) is 5.60. The summed E-state index contributed by atoms with van der Waals surface area (Å²) < 4.78 is 6.06. The molecular weight excluding hydrogens is 260 g/mol. The number of nitrogens with one attached hydrogen (secondary N) is 1. The van der Waals surface area contributed by atoms with Gasteiger partial charge in [-0.2, -0.15) is 0 Å². The van der Waals surface area contributed by atoms with Crippen LogP contribution in [-0.2, 0) is 5.41 Å².